The predicted octanol–water partition coefficient (Wildman–Crippen LogP) is 0.588. The molecule has 2 rings (SSSR count). The van der Waals surface area contributed by atoms with Crippen LogP contribution in [0.15, 0.2) is 0 Å². The van der Waals surface area contributed by atoms with E-state index in [1.54, 1.807) is 0 Å². The Labute approximate surface area is 80.2 Å². The van der Waals surface area contributed by atoms with E-state index in [-0.39, 0.29) is 5.54 Å². The smallest absolute Gasteiger partial charge is 0.0480 e. The highest BCUT2D eigenvalue weighted by atomic mass is 16.5. The van der Waals surface area contributed by atoms with E-state index >= 15 is 0 Å². The second kappa shape index (κ2) is 3.56. The Hall–Kier alpha value is -0.120. The Balaban J connectivity index is 1.78. The van der Waals surface area contributed by atoms with Gasteiger partial charge >= 0.3 is 0 Å². The average molecular weight is 184 g/mol. The number of hydrogen-bond acceptors (Lipinski definition) is 3. The molecule has 2 N–H and O–H groups in total. The van der Waals surface area contributed by atoms with E-state index in [0.29, 0.717) is 0 Å². The van der Waals surface area contributed by atoms with Crippen molar-refractivity contribution in [2.45, 2.75) is 37.8 Å². The summed E-state index contributed by atoms with van der Waals surface area (Å²) in [6.45, 7) is 6.24. The number of rotatable bonds is 2. The largest absolute Gasteiger partial charge is 0.381 e. The Morgan fingerprint density at radius 3 is 2.54 bits per heavy atom. The van der Waals surface area contributed by atoms with E-state index in [1.165, 1.54) is 12.8 Å². The Morgan fingerprint density at radius 1 is 1.38 bits per heavy atom. The quantitative estimate of drug-likeness (QED) is 0.682. The first-order valence-corrected chi connectivity index (χ1v) is 5.34. The van der Waals surface area contributed by atoms with Crippen molar-refractivity contribution in [1.29, 1.82) is 0 Å². The predicted molar refractivity (Wildman–Crippen MR) is 52.6 cm³/mol. The van der Waals surface area contributed by atoms with Crippen molar-refractivity contribution in [3.8, 4) is 0 Å². The van der Waals surface area contributed by atoms with Gasteiger partial charge in [-0.05, 0) is 19.3 Å². The molecular weight excluding hydrogens is 164 g/mol. The fourth-order valence-corrected chi connectivity index (χ4v) is 2.29. The van der Waals surface area contributed by atoms with Gasteiger partial charge in [0.25, 0.3) is 0 Å². The first-order chi connectivity index (χ1) is 6.23. The van der Waals surface area contributed by atoms with Gasteiger partial charge in [-0.3, -0.25) is 4.90 Å². The van der Waals surface area contributed by atoms with Crippen LogP contribution < -0.4 is 5.73 Å². The van der Waals surface area contributed by atoms with Crippen molar-refractivity contribution < 1.29 is 4.74 Å². The van der Waals surface area contributed by atoms with E-state index < -0.39 is 0 Å². The zero-order chi connectivity index (χ0) is 9.31. The monoisotopic (exact) mass is 184 g/mol. The normalized spacial score (nSPS) is 30.0. The fourth-order valence-electron chi connectivity index (χ4n) is 2.29. The molecule has 0 aliphatic carbocycles. The van der Waals surface area contributed by atoms with Crippen molar-refractivity contribution >= 4 is 0 Å². The van der Waals surface area contributed by atoms with Gasteiger partial charge in [0.05, 0.1) is 0 Å². The third-order valence-electron chi connectivity index (χ3n) is 3.45. The second-order valence-electron chi connectivity index (χ2n) is 4.46. The highest BCUT2D eigenvalue weighted by Gasteiger charge is 2.41. The molecule has 76 valence electrons. The fraction of sp³-hybridized carbons (Fsp3) is 1.00. The lowest BCUT2D eigenvalue weighted by molar-refractivity contribution is -0.0274. The number of nitrogens with zero attached hydrogens (tertiary/aromatic N) is 1. The van der Waals surface area contributed by atoms with E-state index in [2.05, 4.69) is 11.8 Å². The summed E-state index contributed by atoms with van der Waals surface area (Å²) in [6.07, 6.45) is 3.49. The lowest BCUT2D eigenvalue weighted by Crippen LogP contribution is -2.69. The third kappa shape index (κ3) is 1.87. The maximum atomic E-state index is 6.13. The van der Waals surface area contributed by atoms with Gasteiger partial charge < -0.3 is 10.5 Å². The van der Waals surface area contributed by atoms with Crippen LogP contribution in [0.25, 0.3) is 0 Å². The first-order valence-electron chi connectivity index (χ1n) is 5.34. The van der Waals surface area contributed by atoms with E-state index in [9.17, 15) is 0 Å². The van der Waals surface area contributed by atoms with Gasteiger partial charge in [-0.25, -0.2) is 0 Å². The lowest BCUT2D eigenvalue weighted by Gasteiger charge is -2.51. The number of likely N-dealkylation sites (tertiary alicyclic amines) is 1. The Kier molecular flexibility index (Phi) is 2.58. The summed E-state index contributed by atoms with van der Waals surface area (Å²) in [5, 5.41) is 0. The summed E-state index contributed by atoms with van der Waals surface area (Å²) >= 11 is 0. The molecule has 2 heterocycles. The molecule has 2 fully saturated rings. The van der Waals surface area contributed by atoms with Gasteiger partial charge in [0.2, 0.25) is 0 Å². The van der Waals surface area contributed by atoms with Crippen molar-refractivity contribution in [1.82, 2.24) is 4.90 Å². The highest BCUT2D eigenvalue weighted by Crippen LogP contribution is 2.27. The molecule has 3 nitrogen and oxygen atoms in total. The minimum absolute atomic E-state index is 0.123. The van der Waals surface area contributed by atoms with Crippen molar-refractivity contribution in [3.63, 3.8) is 0 Å². The van der Waals surface area contributed by atoms with Crippen molar-refractivity contribution in [2.24, 2.45) is 5.73 Å². The summed E-state index contributed by atoms with van der Waals surface area (Å²) in [5.74, 6) is 0. The SMILES string of the molecule is CCC1(N)CN(C2CCOCC2)C1. The number of ether oxygens (including phenoxy) is 1. The van der Waals surface area contributed by atoms with Gasteiger partial charge in [-0.1, -0.05) is 6.92 Å². The molecule has 0 aromatic carbocycles. The molecule has 0 aromatic rings. The van der Waals surface area contributed by atoms with Gasteiger partial charge in [0, 0.05) is 37.9 Å². The minimum atomic E-state index is 0.123. The lowest BCUT2D eigenvalue weighted by atomic mass is 9.85. The summed E-state index contributed by atoms with van der Waals surface area (Å²) in [6, 6.07) is 0.747. The molecule has 0 amide bonds. The van der Waals surface area contributed by atoms with Crippen molar-refractivity contribution in [3.05, 3.63) is 0 Å². The van der Waals surface area contributed by atoms with Crippen LogP contribution in [0.3, 0.4) is 0 Å². The maximum Gasteiger partial charge on any atom is 0.0480 e. The molecule has 2 aliphatic heterocycles. The molecule has 2 aliphatic rings. The van der Waals surface area contributed by atoms with Crippen LogP contribution in [0.2, 0.25) is 0 Å². The Morgan fingerprint density at radius 2 is 2.00 bits per heavy atom. The Bertz CT molecular complexity index is 172. The summed E-state index contributed by atoms with van der Waals surface area (Å²) in [7, 11) is 0. The summed E-state index contributed by atoms with van der Waals surface area (Å²) in [5.41, 5.74) is 6.25. The molecule has 3 heteroatoms. The molecule has 2 saturated heterocycles. The van der Waals surface area contributed by atoms with Crippen LogP contribution in [0.5, 0.6) is 0 Å². The highest BCUT2D eigenvalue weighted by molar-refractivity contribution is 5.01. The molecule has 13 heavy (non-hydrogen) atoms. The van der Waals surface area contributed by atoms with Gasteiger partial charge in [0.15, 0.2) is 0 Å². The minimum Gasteiger partial charge on any atom is -0.381 e. The van der Waals surface area contributed by atoms with Crippen LogP contribution in [0.4, 0.5) is 0 Å². The summed E-state index contributed by atoms with van der Waals surface area (Å²) in [4.78, 5) is 2.52. The standard InChI is InChI=1S/C10H20N2O/c1-2-10(11)7-12(8-10)9-3-5-13-6-4-9/h9H,2-8,11H2,1H3. The molecule has 0 radical (unpaired) electrons. The van der Waals surface area contributed by atoms with Gasteiger partial charge in [-0.2, -0.15) is 0 Å². The number of hydrogen-bond donors (Lipinski definition) is 1. The van der Waals surface area contributed by atoms with Gasteiger partial charge in [0.1, 0.15) is 0 Å². The van der Waals surface area contributed by atoms with Crippen molar-refractivity contribution in [2.75, 3.05) is 26.3 Å². The van der Waals surface area contributed by atoms with E-state index in [0.717, 1.165) is 38.8 Å². The molecule has 0 unspecified atom stereocenters. The van der Waals surface area contributed by atoms with E-state index in [1.807, 2.05) is 0 Å². The maximum absolute atomic E-state index is 6.13. The molecule has 0 aromatic heterocycles. The number of nitrogens with two attached hydrogens (primary N) is 1. The first kappa shape index (κ1) is 9.44. The van der Waals surface area contributed by atoms with Crippen LogP contribution in [0, 0.1) is 0 Å². The molecule has 0 saturated carbocycles. The third-order valence-corrected chi connectivity index (χ3v) is 3.45. The second-order valence-corrected chi connectivity index (χ2v) is 4.46. The van der Waals surface area contributed by atoms with E-state index in [4.69, 9.17) is 10.5 Å². The topological polar surface area (TPSA) is 38.5 Å². The zero-order valence-corrected chi connectivity index (χ0v) is 8.46. The van der Waals surface area contributed by atoms with Crippen LogP contribution in [-0.2, 0) is 4.74 Å². The zero-order valence-electron chi connectivity index (χ0n) is 8.46. The molecule has 0 atom stereocenters. The summed E-state index contributed by atoms with van der Waals surface area (Å²) < 4.78 is 5.34. The molecular formula is C10H20N2O. The molecule has 0 bridgehead atoms. The van der Waals surface area contributed by atoms with Crippen LogP contribution >= 0.6 is 0 Å². The molecule has 0 spiro atoms. The average Bonchev–Trinajstić information content (AvgIpc) is 2.14. The van der Waals surface area contributed by atoms with Crippen LogP contribution in [0.1, 0.15) is 26.2 Å². The van der Waals surface area contributed by atoms with Crippen LogP contribution in [-0.4, -0.2) is 42.8 Å². The van der Waals surface area contributed by atoms with Gasteiger partial charge in [-0.15, -0.1) is 0 Å².